The maximum atomic E-state index is 11.8. The van der Waals surface area contributed by atoms with Crippen LogP contribution >= 0.6 is 11.6 Å². The lowest BCUT2D eigenvalue weighted by molar-refractivity contribution is -0.121. The first kappa shape index (κ1) is 19.1. The summed E-state index contributed by atoms with van der Waals surface area (Å²) < 4.78 is 0. The Morgan fingerprint density at radius 1 is 1.07 bits per heavy atom. The lowest BCUT2D eigenvalue weighted by atomic mass is 10.1. The van der Waals surface area contributed by atoms with E-state index in [0.29, 0.717) is 36.3 Å². The minimum atomic E-state index is 0.0658. The van der Waals surface area contributed by atoms with Crippen LogP contribution < -0.4 is 10.6 Å². The van der Waals surface area contributed by atoms with Crippen LogP contribution in [0.15, 0.2) is 48.5 Å². The highest BCUT2D eigenvalue weighted by Gasteiger charge is 2.10. The second-order valence-electron chi connectivity index (χ2n) is 6.80. The first-order valence-corrected chi connectivity index (χ1v) is 9.44. The second kappa shape index (κ2) is 8.82. The molecule has 27 heavy (non-hydrogen) atoms. The number of halogens is 1. The summed E-state index contributed by atoms with van der Waals surface area (Å²) in [6.45, 7) is 5.17. The molecule has 3 aromatic rings. The van der Waals surface area contributed by atoms with E-state index < -0.39 is 0 Å². The lowest BCUT2D eigenvalue weighted by Crippen LogP contribution is -2.29. The molecule has 1 heterocycles. The number of carbonyl (C=O) groups excluding carboxylic acids is 1. The maximum absolute atomic E-state index is 11.8. The van der Waals surface area contributed by atoms with Crippen LogP contribution in [0.25, 0.3) is 22.3 Å². The monoisotopic (exact) mass is 382 g/mol. The number of rotatable bonds is 7. The fourth-order valence-electron chi connectivity index (χ4n) is 2.78. The van der Waals surface area contributed by atoms with Crippen LogP contribution in [0.5, 0.6) is 0 Å². The molecule has 0 saturated carbocycles. The van der Waals surface area contributed by atoms with E-state index in [2.05, 4.69) is 20.6 Å². The smallest absolute Gasteiger partial charge is 0.220 e. The molecular weight excluding hydrogens is 360 g/mol. The highest BCUT2D eigenvalue weighted by Crippen LogP contribution is 2.26. The summed E-state index contributed by atoms with van der Waals surface area (Å²) in [4.78, 5) is 21.1. The van der Waals surface area contributed by atoms with Gasteiger partial charge in [-0.15, -0.1) is 0 Å². The van der Waals surface area contributed by atoms with Crippen LogP contribution in [0, 0.1) is 5.92 Å². The van der Waals surface area contributed by atoms with Crippen molar-refractivity contribution in [1.29, 1.82) is 0 Å². The van der Waals surface area contributed by atoms with Crippen LogP contribution in [0.2, 0.25) is 5.02 Å². The topological polar surface area (TPSA) is 66.9 Å². The first-order valence-electron chi connectivity index (χ1n) is 9.06. The summed E-state index contributed by atoms with van der Waals surface area (Å²) in [7, 11) is 0. The van der Waals surface area contributed by atoms with E-state index in [-0.39, 0.29) is 5.91 Å². The van der Waals surface area contributed by atoms with E-state index in [9.17, 15) is 4.79 Å². The normalized spacial score (nSPS) is 11.0. The Kier molecular flexibility index (Phi) is 6.24. The Morgan fingerprint density at radius 2 is 1.85 bits per heavy atom. The molecule has 0 unspecified atom stereocenters. The molecule has 2 N–H and O–H groups in total. The van der Waals surface area contributed by atoms with Crippen LogP contribution in [0.1, 0.15) is 20.3 Å². The molecule has 0 spiro atoms. The van der Waals surface area contributed by atoms with E-state index in [0.717, 1.165) is 22.3 Å². The summed E-state index contributed by atoms with van der Waals surface area (Å²) in [6, 6.07) is 15.4. The van der Waals surface area contributed by atoms with Gasteiger partial charge in [0, 0.05) is 35.5 Å². The number of carbonyl (C=O) groups is 1. The largest absolute Gasteiger partial charge is 0.368 e. The Labute approximate surface area is 164 Å². The molecule has 1 amide bonds. The van der Waals surface area contributed by atoms with Crippen molar-refractivity contribution >= 4 is 34.2 Å². The molecule has 0 aliphatic rings. The van der Waals surface area contributed by atoms with E-state index in [1.165, 1.54) is 0 Å². The zero-order chi connectivity index (χ0) is 19.2. The van der Waals surface area contributed by atoms with Gasteiger partial charge in [-0.25, -0.2) is 9.97 Å². The predicted octanol–water partition coefficient (Wildman–Crippen LogP) is 4.52. The number of anilines is 1. The van der Waals surface area contributed by atoms with Gasteiger partial charge in [0.2, 0.25) is 5.91 Å². The fourth-order valence-corrected chi connectivity index (χ4v) is 2.95. The van der Waals surface area contributed by atoms with Gasteiger partial charge < -0.3 is 10.6 Å². The van der Waals surface area contributed by atoms with Gasteiger partial charge in [-0.3, -0.25) is 4.79 Å². The van der Waals surface area contributed by atoms with Gasteiger partial charge in [0.05, 0.1) is 5.52 Å². The summed E-state index contributed by atoms with van der Waals surface area (Å²) in [5, 5.41) is 7.77. The number of aromatic nitrogens is 2. The molecular formula is C21H23ClN4O. The Bertz CT molecular complexity index is 928. The van der Waals surface area contributed by atoms with Gasteiger partial charge in [-0.05, 0) is 24.1 Å². The SMILES string of the molecule is CC(C)CC(=O)NCCNc1nc(-c2ccccc2)nc2cc(Cl)ccc12. The lowest BCUT2D eigenvalue weighted by Gasteiger charge is -2.12. The molecule has 0 aliphatic carbocycles. The molecule has 0 fully saturated rings. The Hall–Kier alpha value is -2.66. The van der Waals surface area contributed by atoms with Gasteiger partial charge in [0.15, 0.2) is 5.82 Å². The number of amides is 1. The number of hydrogen-bond donors (Lipinski definition) is 2. The van der Waals surface area contributed by atoms with Gasteiger partial charge in [-0.2, -0.15) is 0 Å². The molecule has 0 aliphatic heterocycles. The molecule has 5 nitrogen and oxygen atoms in total. The van der Waals surface area contributed by atoms with Crippen molar-refractivity contribution in [3.63, 3.8) is 0 Å². The third kappa shape index (κ3) is 5.17. The van der Waals surface area contributed by atoms with E-state index in [1.807, 2.05) is 62.4 Å². The van der Waals surface area contributed by atoms with Gasteiger partial charge in [0.1, 0.15) is 5.82 Å². The number of nitrogens with zero attached hydrogens (tertiary/aromatic N) is 2. The average Bonchev–Trinajstić information content (AvgIpc) is 2.64. The predicted molar refractivity (Wildman–Crippen MR) is 111 cm³/mol. The number of nitrogens with one attached hydrogen (secondary N) is 2. The summed E-state index contributed by atoms with van der Waals surface area (Å²) in [6.07, 6.45) is 0.535. The Balaban J connectivity index is 1.80. The van der Waals surface area contributed by atoms with Gasteiger partial charge in [0.25, 0.3) is 0 Å². The fraction of sp³-hybridized carbons (Fsp3) is 0.286. The molecule has 6 heteroatoms. The van der Waals surface area contributed by atoms with Crippen molar-refractivity contribution in [2.45, 2.75) is 20.3 Å². The van der Waals surface area contributed by atoms with Crippen LogP contribution in [-0.4, -0.2) is 29.0 Å². The number of benzene rings is 2. The third-order valence-corrected chi connectivity index (χ3v) is 4.26. The van der Waals surface area contributed by atoms with E-state index in [1.54, 1.807) is 0 Å². The van der Waals surface area contributed by atoms with Gasteiger partial charge >= 0.3 is 0 Å². The summed E-state index contributed by atoms with van der Waals surface area (Å²) >= 11 is 6.14. The highest BCUT2D eigenvalue weighted by atomic mass is 35.5. The van der Waals surface area contributed by atoms with Gasteiger partial charge in [-0.1, -0.05) is 55.8 Å². The number of hydrogen-bond acceptors (Lipinski definition) is 4. The molecule has 3 rings (SSSR count). The van der Waals surface area contributed by atoms with Crippen molar-refractivity contribution in [1.82, 2.24) is 15.3 Å². The third-order valence-electron chi connectivity index (χ3n) is 4.02. The van der Waals surface area contributed by atoms with E-state index in [4.69, 9.17) is 11.6 Å². The zero-order valence-corrected chi connectivity index (χ0v) is 16.3. The minimum Gasteiger partial charge on any atom is -0.368 e. The summed E-state index contributed by atoms with van der Waals surface area (Å²) in [5.41, 5.74) is 1.72. The first-order chi connectivity index (χ1) is 13.0. The molecule has 1 aromatic heterocycles. The van der Waals surface area contributed by atoms with Crippen LogP contribution in [-0.2, 0) is 4.79 Å². The molecule has 0 atom stereocenters. The molecule has 0 saturated heterocycles. The standard InChI is InChI=1S/C21H23ClN4O/c1-14(2)12-19(27)23-10-11-24-21-17-9-8-16(22)13-18(17)25-20(26-21)15-6-4-3-5-7-15/h3-9,13-14H,10-12H2,1-2H3,(H,23,27)(H,24,25,26). The van der Waals surface area contributed by atoms with Crippen molar-refractivity contribution in [2.75, 3.05) is 18.4 Å². The van der Waals surface area contributed by atoms with E-state index >= 15 is 0 Å². The average molecular weight is 383 g/mol. The molecule has 140 valence electrons. The highest BCUT2D eigenvalue weighted by molar-refractivity contribution is 6.31. The second-order valence-corrected chi connectivity index (χ2v) is 7.23. The molecule has 2 aromatic carbocycles. The van der Waals surface area contributed by atoms with Crippen LogP contribution in [0.4, 0.5) is 5.82 Å². The van der Waals surface area contributed by atoms with Crippen molar-refractivity contribution in [3.8, 4) is 11.4 Å². The molecule has 0 radical (unpaired) electrons. The van der Waals surface area contributed by atoms with Crippen molar-refractivity contribution in [2.24, 2.45) is 5.92 Å². The zero-order valence-electron chi connectivity index (χ0n) is 15.5. The molecule has 0 bridgehead atoms. The van der Waals surface area contributed by atoms with Crippen molar-refractivity contribution < 1.29 is 4.79 Å². The quantitative estimate of drug-likeness (QED) is 0.589. The minimum absolute atomic E-state index is 0.0658. The number of fused-ring (bicyclic) bond motifs is 1. The van der Waals surface area contributed by atoms with Crippen LogP contribution in [0.3, 0.4) is 0 Å². The maximum Gasteiger partial charge on any atom is 0.220 e. The summed E-state index contributed by atoms with van der Waals surface area (Å²) in [5.74, 6) is 1.78. The Morgan fingerprint density at radius 3 is 2.59 bits per heavy atom. The van der Waals surface area contributed by atoms with Crippen molar-refractivity contribution in [3.05, 3.63) is 53.6 Å².